The fourth-order valence-corrected chi connectivity index (χ4v) is 0.787. The Morgan fingerprint density at radius 1 is 1.50 bits per heavy atom. The summed E-state index contributed by atoms with van der Waals surface area (Å²) in [6.07, 6.45) is 0. The van der Waals surface area contributed by atoms with Gasteiger partial charge in [-0.05, 0) is 18.2 Å². The van der Waals surface area contributed by atoms with Crippen LogP contribution in [0.25, 0.3) is 0 Å². The van der Waals surface area contributed by atoms with Gasteiger partial charge < -0.3 is 21.9 Å². The number of nitrogens with one attached hydrogen (secondary N) is 1. The first-order valence-electron chi connectivity index (χ1n) is 3.24. The average Bonchev–Trinajstić information content (AvgIpc) is 1.96. The number of hydrogen-bond acceptors (Lipinski definition) is 3. The molecule has 6 N–H and O–H groups in total. The van der Waals surface area contributed by atoms with Gasteiger partial charge in [0, 0.05) is 5.69 Å². The lowest BCUT2D eigenvalue weighted by atomic mass is 10.2. The van der Waals surface area contributed by atoms with E-state index < -0.39 is 6.03 Å². The molecule has 5 nitrogen and oxygen atoms in total. The first-order valence-corrected chi connectivity index (χ1v) is 3.24. The number of urea groups is 1. The highest BCUT2D eigenvalue weighted by Crippen LogP contribution is 2.24. The zero-order valence-electron chi connectivity index (χ0n) is 6.24. The third-order valence-corrected chi connectivity index (χ3v) is 1.28. The Morgan fingerprint density at radius 3 is 2.75 bits per heavy atom. The molecule has 0 radical (unpaired) electrons. The number of benzene rings is 1. The minimum atomic E-state index is -0.740. The normalized spacial score (nSPS) is 9.33. The number of aromatic hydroxyl groups is 1. The number of carbonyl (C=O) groups is 1. The molecule has 5 heteroatoms. The Balaban J connectivity index is 2.97. The Kier molecular flexibility index (Phi) is 2.05. The van der Waals surface area contributed by atoms with Crippen LogP contribution in [0.5, 0.6) is 5.75 Å². The molecule has 1 aromatic carbocycles. The zero-order valence-corrected chi connectivity index (χ0v) is 6.24. The van der Waals surface area contributed by atoms with Crippen molar-refractivity contribution in [3.63, 3.8) is 0 Å². The van der Waals surface area contributed by atoms with Crippen molar-refractivity contribution in [3.05, 3.63) is 18.2 Å². The van der Waals surface area contributed by atoms with Gasteiger partial charge in [-0.2, -0.15) is 0 Å². The lowest BCUT2D eigenvalue weighted by Gasteiger charge is -2.04. The van der Waals surface area contributed by atoms with Crippen molar-refractivity contribution in [3.8, 4) is 5.75 Å². The van der Waals surface area contributed by atoms with E-state index >= 15 is 0 Å². The number of rotatable bonds is 1. The molecule has 0 saturated carbocycles. The van der Waals surface area contributed by atoms with E-state index in [1.165, 1.54) is 18.2 Å². The Labute approximate surface area is 69.0 Å². The van der Waals surface area contributed by atoms with Crippen molar-refractivity contribution in [2.75, 3.05) is 11.1 Å². The molecule has 2 amide bonds. The number of phenols is 1. The monoisotopic (exact) mass is 167 g/mol. The van der Waals surface area contributed by atoms with Crippen molar-refractivity contribution in [2.24, 2.45) is 5.73 Å². The summed E-state index contributed by atoms with van der Waals surface area (Å²) in [5, 5.41) is 11.4. The maximum absolute atomic E-state index is 10.4. The molecule has 0 aliphatic heterocycles. The Bertz CT molecular complexity index is 312. The molecule has 0 atom stereocenters. The summed E-state index contributed by atoms with van der Waals surface area (Å²) in [5.41, 5.74) is 10.9. The van der Waals surface area contributed by atoms with Gasteiger partial charge in [0.15, 0.2) is 0 Å². The molecule has 1 rings (SSSR count). The Hall–Kier alpha value is -1.91. The van der Waals surface area contributed by atoms with Crippen LogP contribution in [0.4, 0.5) is 16.2 Å². The summed E-state index contributed by atoms with van der Waals surface area (Å²) in [7, 11) is 0. The fraction of sp³-hybridized carbons (Fsp3) is 0. The maximum atomic E-state index is 10.4. The molecular weight excluding hydrogens is 158 g/mol. The van der Waals surface area contributed by atoms with E-state index in [4.69, 9.17) is 16.6 Å². The van der Waals surface area contributed by atoms with Gasteiger partial charge in [0.2, 0.25) is 0 Å². The van der Waals surface area contributed by atoms with Crippen LogP contribution >= 0.6 is 0 Å². The molecule has 0 aliphatic rings. The molecule has 0 spiro atoms. The first kappa shape index (κ1) is 8.19. The highest BCUT2D eigenvalue weighted by atomic mass is 16.3. The molecule has 0 heterocycles. The first-order chi connectivity index (χ1) is 5.59. The van der Waals surface area contributed by atoms with E-state index in [9.17, 15) is 4.79 Å². The number of hydrogen-bond donors (Lipinski definition) is 4. The van der Waals surface area contributed by atoms with Crippen LogP contribution < -0.4 is 16.8 Å². The second-order valence-electron chi connectivity index (χ2n) is 2.27. The molecule has 64 valence electrons. The molecule has 12 heavy (non-hydrogen) atoms. The predicted molar refractivity (Wildman–Crippen MR) is 45.7 cm³/mol. The molecule has 1 aromatic rings. The summed E-state index contributed by atoms with van der Waals surface area (Å²) < 4.78 is 0. The topological polar surface area (TPSA) is 101 Å². The van der Waals surface area contributed by atoms with Crippen molar-refractivity contribution < 1.29 is 9.90 Å². The molecule has 0 bridgehead atoms. The quantitative estimate of drug-likeness (QED) is 0.277. The van der Waals surface area contributed by atoms with Crippen molar-refractivity contribution in [2.45, 2.75) is 0 Å². The molecule has 0 aliphatic carbocycles. The lowest BCUT2D eigenvalue weighted by molar-refractivity contribution is 0.259. The van der Waals surface area contributed by atoms with Gasteiger partial charge in [-0.15, -0.1) is 0 Å². The maximum Gasteiger partial charge on any atom is 0.316 e. The second kappa shape index (κ2) is 3.00. The van der Waals surface area contributed by atoms with Crippen LogP contribution in [0.1, 0.15) is 0 Å². The van der Waals surface area contributed by atoms with Gasteiger partial charge in [-0.25, -0.2) is 4.79 Å². The second-order valence-corrected chi connectivity index (χ2v) is 2.27. The van der Waals surface area contributed by atoms with Crippen LogP contribution in [-0.4, -0.2) is 11.1 Å². The van der Waals surface area contributed by atoms with E-state index in [1.807, 2.05) is 0 Å². The fourth-order valence-electron chi connectivity index (χ4n) is 0.787. The number of carbonyl (C=O) groups excluding carboxylic acids is 1. The highest BCUT2D eigenvalue weighted by Gasteiger charge is 2.02. The molecule has 0 saturated heterocycles. The third kappa shape index (κ3) is 1.79. The van der Waals surface area contributed by atoms with Crippen LogP contribution in [0.15, 0.2) is 18.2 Å². The predicted octanol–water partition coefficient (Wildman–Crippen LogP) is 0.465. The van der Waals surface area contributed by atoms with Crippen molar-refractivity contribution in [1.82, 2.24) is 0 Å². The average molecular weight is 167 g/mol. The van der Waals surface area contributed by atoms with Gasteiger partial charge >= 0.3 is 6.03 Å². The van der Waals surface area contributed by atoms with Gasteiger partial charge in [-0.3, -0.25) is 0 Å². The van der Waals surface area contributed by atoms with Gasteiger partial charge in [0.05, 0.1) is 5.69 Å². The van der Waals surface area contributed by atoms with Crippen molar-refractivity contribution in [1.29, 1.82) is 0 Å². The highest BCUT2D eigenvalue weighted by molar-refractivity contribution is 5.90. The number of primary amides is 1. The van der Waals surface area contributed by atoms with Crippen molar-refractivity contribution >= 4 is 17.4 Å². The van der Waals surface area contributed by atoms with E-state index in [-0.39, 0.29) is 11.4 Å². The molecule has 0 fully saturated rings. The molecule has 0 aromatic heterocycles. The summed E-state index contributed by atoms with van der Waals surface area (Å²) in [4.78, 5) is 10.4. The van der Waals surface area contributed by atoms with Crippen LogP contribution in [0.3, 0.4) is 0 Å². The number of nitrogens with two attached hydrogens (primary N) is 2. The van der Waals surface area contributed by atoms with Gasteiger partial charge in [0.25, 0.3) is 0 Å². The summed E-state index contributed by atoms with van der Waals surface area (Å²) in [6, 6.07) is 3.57. The van der Waals surface area contributed by atoms with Crippen LogP contribution in [-0.2, 0) is 0 Å². The molecule has 0 unspecified atom stereocenters. The summed E-state index contributed by atoms with van der Waals surface area (Å²) >= 11 is 0. The molecular formula is C7H9N3O2. The van der Waals surface area contributed by atoms with E-state index in [2.05, 4.69) is 5.32 Å². The summed E-state index contributed by atoms with van der Waals surface area (Å²) in [5.74, 6) is -0.0667. The third-order valence-electron chi connectivity index (χ3n) is 1.28. The number of amides is 2. The number of nitrogen functional groups attached to an aromatic ring is 1. The minimum absolute atomic E-state index is 0.0667. The van der Waals surface area contributed by atoms with Gasteiger partial charge in [0.1, 0.15) is 5.75 Å². The lowest BCUT2D eigenvalue weighted by Crippen LogP contribution is -2.19. The Morgan fingerprint density at radius 2 is 2.17 bits per heavy atom. The van der Waals surface area contributed by atoms with Crippen LogP contribution in [0.2, 0.25) is 0 Å². The van der Waals surface area contributed by atoms with Crippen LogP contribution in [0, 0.1) is 0 Å². The number of phenolic OH excluding ortho intramolecular Hbond substituents is 1. The minimum Gasteiger partial charge on any atom is -0.506 e. The van der Waals surface area contributed by atoms with Gasteiger partial charge in [-0.1, -0.05) is 0 Å². The standard InChI is InChI=1S/C7H9N3O2/c8-4-1-2-6(11)5(3-4)10-7(9)12/h1-3,11H,8H2,(H3,9,10,12). The number of anilines is 2. The smallest absolute Gasteiger partial charge is 0.316 e. The largest absolute Gasteiger partial charge is 0.506 e. The van der Waals surface area contributed by atoms with E-state index in [0.29, 0.717) is 5.69 Å². The van der Waals surface area contributed by atoms with E-state index in [0.717, 1.165) is 0 Å². The SMILES string of the molecule is NC(=O)Nc1cc(N)ccc1O. The summed E-state index contributed by atoms with van der Waals surface area (Å²) in [6.45, 7) is 0. The van der Waals surface area contributed by atoms with E-state index in [1.54, 1.807) is 0 Å². The zero-order chi connectivity index (χ0) is 9.14.